The van der Waals surface area contributed by atoms with E-state index in [1.807, 2.05) is 26.0 Å². The van der Waals surface area contributed by atoms with Crippen LogP contribution in [-0.2, 0) is 0 Å². The first-order chi connectivity index (χ1) is 10.6. The molecule has 0 atom stereocenters. The van der Waals surface area contributed by atoms with Crippen LogP contribution in [-0.4, -0.2) is 18.9 Å². The second-order valence-electron chi connectivity index (χ2n) is 4.59. The summed E-state index contributed by atoms with van der Waals surface area (Å²) in [6.45, 7) is 4.04. The Morgan fingerprint density at radius 2 is 2.00 bits per heavy atom. The van der Waals surface area contributed by atoms with Crippen molar-refractivity contribution in [2.24, 2.45) is 0 Å². The predicted molar refractivity (Wildman–Crippen MR) is 86.8 cm³/mol. The second kappa shape index (κ2) is 7.22. The number of ether oxygens (including phenoxy) is 2. The van der Waals surface area contributed by atoms with Crippen LogP contribution in [0.15, 0.2) is 40.9 Å². The molecule has 0 N–H and O–H groups in total. The molecule has 0 saturated carbocycles. The highest BCUT2D eigenvalue weighted by atomic mass is 79.9. The van der Waals surface area contributed by atoms with Crippen LogP contribution < -0.4 is 9.47 Å². The van der Waals surface area contributed by atoms with Gasteiger partial charge in [-0.1, -0.05) is 18.2 Å². The molecule has 0 heterocycles. The molecule has 0 bridgehead atoms. The van der Waals surface area contributed by atoms with Gasteiger partial charge in [-0.15, -0.1) is 0 Å². The van der Waals surface area contributed by atoms with Gasteiger partial charge in [0.25, 0.3) is 0 Å². The van der Waals surface area contributed by atoms with Gasteiger partial charge in [-0.3, -0.25) is 4.79 Å². The molecular weight excluding hydrogens is 348 g/mol. The zero-order chi connectivity index (χ0) is 16.1. The van der Waals surface area contributed by atoms with Crippen LogP contribution in [0.25, 0.3) is 0 Å². The van der Waals surface area contributed by atoms with Gasteiger partial charge in [0.05, 0.1) is 16.6 Å². The molecule has 2 rings (SSSR count). The topological polar surface area (TPSA) is 52.6 Å². The summed E-state index contributed by atoms with van der Waals surface area (Å²) < 4.78 is 11.4. The van der Waals surface area contributed by atoms with E-state index in [4.69, 9.17) is 9.47 Å². The van der Waals surface area contributed by atoms with Crippen LogP contribution in [0.4, 0.5) is 0 Å². The maximum Gasteiger partial charge on any atom is 0.343 e. The highest BCUT2D eigenvalue weighted by Gasteiger charge is 2.18. The monoisotopic (exact) mass is 362 g/mol. The van der Waals surface area contributed by atoms with Gasteiger partial charge in [0.1, 0.15) is 6.29 Å². The lowest BCUT2D eigenvalue weighted by molar-refractivity contribution is 0.0726. The van der Waals surface area contributed by atoms with Crippen molar-refractivity contribution in [3.05, 3.63) is 57.6 Å². The summed E-state index contributed by atoms with van der Waals surface area (Å²) in [6.07, 6.45) is 0.709. The van der Waals surface area contributed by atoms with E-state index in [0.717, 1.165) is 5.56 Å². The van der Waals surface area contributed by atoms with Crippen LogP contribution in [0.5, 0.6) is 11.5 Å². The largest absolute Gasteiger partial charge is 0.490 e. The molecule has 0 amide bonds. The fourth-order valence-electron chi connectivity index (χ4n) is 1.97. The number of hydrogen-bond donors (Lipinski definition) is 0. The predicted octanol–water partition coefficient (Wildman–Crippen LogP) is 4.19. The van der Waals surface area contributed by atoms with Gasteiger partial charge in [0.15, 0.2) is 11.5 Å². The normalized spacial score (nSPS) is 10.1. The number of aryl methyl sites for hydroxylation is 1. The SMILES string of the molecule is CCOc1cc(C=O)cc(Br)c1OC(=O)c1ccccc1C. The van der Waals surface area contributed by atoms with E-state index in [0.29, 0.717) is 34.2 Å². The summed E-state index contributed by atoms with van der Waals surface area (Å²) in [5.41, 5.74) is 1.74. The van der Waals surface area contributed by atoms with Crippen molar-refractivity contribution >= 4 is 28.2 Å². The molecule has 22 heavy (non-hydrogen) atoms. The molecule has 2 aromatic carbocycles. The Morgan fingerprint density at radius 1 is 1.27 bits per heavy atom. The minimum atomic E-state index is -0.474. The van der Waals surface area contributed by atoms with E-state index in [1.54, 1.807) is 24.3 Å². The molecule has 5 heteroatoms. The average molecular weight is 363 g/mol. The fraction of sp³-hybridized carbons (Fsp3) is 0.176. The number of hydrogen-bond acceptors (Lipinski definition) is 4. The van der Waals surface area contributed by atoms with Gasteiger partial charge >= 0.3 is 5.97 Å². The second-order valence-corrected chi connectivity index (χ2v) is 5.44. The third-order valence-electron chi connectivity index (χ3n) is 3.03. The molecule has 0 aromatic heterocycles. The van der Waals surface area contributed by atoms with Crippen molar-refractivity contribution in [3.8, 4) is 11.5 Å². The maximum atomic E-state index is 12.3. The van der Waals surface area contributed by atoms with Crippen LogP contribution >= 0.6 is 15.9 Å². The Morgan fingerprint density at radius 3 is 2.64 bits per heavy atom. The Hall–Kier alpha value is -2.14. The van der Waals surface area contributed by atoms with Gasteiger partial charge in [0.2, 0.25) is 0 Å². The molecule has 0 aliphatic rings. The Labute approximate surface area is 137 Å². The van der Waals surface area contributed by atoms with Crippen LogP contribution in [0.1, 0.15) is 33.2 Å². The van der Waals surface area contributed by atoms with E-state index in [9.17, 15) is 9.59 Å². The quantitative estimate of drug-likeness (QED) is 0.454. The highest BCUT2D eigenvalue weighted by molar-refractivity contribution is 9.10. The van der Waals surface area contributed by atoms with E-state index < -0.39 is 5.97 Å². The summed E-state index contributed by atoms with van der Waals surface area (Å²) in [6, 6.07) is 10.3. The Balaban J connectivity index is 2.38. The number of aldehydes is 1. The molecule has 0 fully saturated rings. The zero-order valence-electron chi connectivity index (χ0n) is 12.3. The standard InChI is InChI=1S/C17H15BrO4/c1-3-21-15-9-12(10-19)8-14(18)16(15)22-17(20)13-7-5-4-6-11(13)2/h4-10H,3H2,1-2H3. The number of carbonyl (C=O) groups excluding carboxylic acids is 2. The summed E-state index contributed by atoms with van der Waals surface area (Å²) in [4.78, 5) is 23.3. The molecule has 0 radical (unpaired) electrons. The van der Waals surface area contributed by atoms with Crippen molar-refractivity contribution in [2.75, 3.05) is 6.61 Å². The van der Waals surface area contributed by atoms with Crippen molar-refractivity contribution in [3.63, 3.8) is 0 Å². The molecule has 0 unspecified atom stereocenters. The van der Waals surface area contributed by atoms with Gasteiger partial charge < -0.3 is 9.47 Å². The molecular formula is C17H15BrO4. The summed E-state index contributed by atoms with van der Waals surface area (Å²) >= 11 is 3.31. The fourth-order valence-corrected chi connectivity index (χ4v) is 2.51. The lowest BCUT2D eigenvalue weighted by Crippen LogP contribution is -2.11. The van der Waals surface area contributed by atoms with Crippen molar-refractivity contribution in [1.82, 2.24) is 0 Å². The van der Waals surface area contributed by atoms with Crippen LogP contribution in [0.2, 0.25) is 0 Å². The molecule has 0 aliphatic carbocycles. The number of carbonyl (C=O) groups is 2. The molecule has 114 valence electrons. The number of halogens is 1. The maximum absolute atomic E-state index is 12.3. The third kappa shape index (κ3) is 3.54. The first kappa shape index (κ1) is 16.2. The van der Waals surface area contributed by atoms with Crippen LogP contribution in [0.3, 0.4) is 0 Å². The van der Waals surface area contributed by atoms with E-state index in [2.05, 4.69) is 15.9 Å². The summed E-state index contributed by atoms with van der Waals surface area (Å²) in [7, 11) is 0. The average Bonchev–Trinajstić information content (AvgIpc) is 2.50. The Bertz CT molecular complexity index is 710. The molecule has 0 spiro atoms. The minimum Gasteiger partial charge on any atom is -0.490 e. The highest BCUT2D eigenvalue weighted by Crippen LogP contribution is 2.37. The minimum absolute atomic E-state index is 0.265. The molecule has 0 aliphatic heterocycles. The smallest absolute Gasteiger partial charge is 0.343 e. The molecule has 0 saturated heterocycles. The summed E-state index contributed by atoms with van der Waals surface area (Å²) in [5, 5.41) is 0. The van der Waals surface area contributed by atoms with E-state index in [1.165, 1.54) is 0 Å². The van der Waals surface area contributed by atoms with Gasteiger partial charge in [-0.25, -0.2) is 4.79 Å². The van der Waals surface area contributed by atoms with Gasteiger partial charge in [0, 0.05) is 5.56 Å². The van der Waals surface area contributed by atoms with Crippen LogP contribution in [0, 0.1) is 6.92 Å². The van der Waals surface area contributed by atoms with Gasteiger partial charge in [-0.05, 0) is 53.5 Å². The van der Waals surface area contributed by atoms with Crippen molar-refractivity contribution in [1.29, 1.82) is 0 Å². The first-order valence-corrected chi connectivity index (χ1v) is 7.55. The van der Waals surface area contributed by atoms with Crippen molar-refractivity contribution < 1.29 is 19.1 Å². The zero-order valence-corrected chi connectivity index (χ0v) is 13.8. The summed E-state index contributed by atoms with van der Waals surface area (Å²) in [5.74, 6) is 0.139. The third-order valence-corrected chi connectivity index (χ3v) is 3.62. The Kier molecular flexibility index (Phi) is 5.33. The molecule has 4 nitrogen and oxygen atoms in total. The lowest BCUT2D eigenvalue weighted by atomic mass is 10.1. The van der Waals surface area contributed by atoms with E-state index in [-0.39, 0.29) is 5.75 Å². The lowest BCUT2D eigenvalue weighted by Gasteiger charge is -2.13. The number of esters is 1. The number of benzene rings is 2. The van der Waals surface area contributed by atoms with Gasteiger partial charge in [-0.2, -0.15) is 0 Å². The first-order valence-electron chi connectivity index (χ1n) is 6.76. The molecule has 2 aromatic rings. The van der Waals surface area contributed by atoms with Crippen molar-refractivity contribution in [2.45, 2.75) is 13.8 Å². The van der Waals surface area contributed by atoms with E-state index >= 15 is 0 Å². The number of rotatable bonds is 5.